The second kappa shape index (κ2) is 10.8. The van der Waals surface area contributed by atoms with Crippen LogP contribution in [0.15, 0.2) is 59.4 Å². The number of unbranched alkanes of at least 4 members (excludes halogenated alkanes) is 2. The monoisotopic (exact) mass is 489 g/mol. The van der Waals surface area contributed by atoms with Crippen LogP contribution in [0.5, 0.6) is 0 Å². The van der Waals surface area contributed by atoms with Gasteiger partial charge in [-0.05, 0) is 63.2 Å². The van der Waals surface area contributed by atoms with E-state index in [2.05, 4.69) is 10.1 Å². The lowest BCUT2D eigenvalue weighted by Gasteiger charge is -2.18. The summed E-state index contributed by atoms with van der Waals surface area (Å²) in [5, 5.41) is 5.32. The maximum absolute atomic E-state index is 12.8. The van der Waals surface area contributed by atoms with E-state index in [1.807, 2.05) is 74.1 Å². The van der Waals surface area contributed by atoms with Crippen molar-refractivity contribution in [1.29, 1.82) is 0 Å². The number of para-hydroxylation sites is 2. The Labute approximate surface area is 210 Å². The van der Waals surface area contributed by atoms with E-state index in [-0.39, 0.29) is 11.5 Å². The zero-order chi connectivity index (χ0) is 24.9. The minimum atomic E-state index is -0.0676. The number of H-pyrrole nitrogens is 1. The second-order valence-electron chi connectivity index (χ2n) is 8.89. The Morgan fingerprint density at radius 3 is 2.51 bits per heavy atom. The Bertz CT molecular complexity index is 1450. The number of fused-ring (bicyclic) bond motifs is 1. The number of hydrogen-bond acceptors (Lipinski definition) is 4. The first kappa shape index (κ1) is 24.6. The average molecular weight is 490 g/mol. The van der Waals surface area contributed by atoms with Crippen LogP contribution in [0.3, 0.4) is 0 Å². The van der Waals surface area contributed by atoms with Crippen LogP contribution in [0.4, 0.5) is 0 Å². The van der Waals surface area contributed by atoms with Crippen LogP contribution >= 0.6 is 12.2 Å². The summed E-state index contributed by atoms with van der Waals surface area (Å²) in [5.41, 5.74) is 4.76. The fraction of sp³-hybridized carbons (Fsp3) is 0.333. The van der Waals surface area contributed by atoms with Gasteiger partial charge in [0.1, 0.15) is 0 Å². The van der Waals surface area contributed by atoms with Crippen molar-refractivity contribution < 1.29 is 4.79 Å². The Kier molecular flexibility index (Phi) is 7.60. The number of amides is 1. The van der Waals surface area contributed by atoms with Gasteiger partial charge in [0.05, 0.1) is 22.3 Å². The maximum Gasteiger partial charge on any atom is 0.262 e. The molecule has 4 rings (SSSR count). The topological polar surface area (TPSA) is 75.9 Å². The van der Waals surface area contributed by atoms with Gasteiger partial charge in [-0.25, -0.2) is 4.68 Å². The Hall–Kier alpha value is -3.52. The van der Waals surface area contributed by atoms with Gasteiger partial charge in [0.25, 0.3) is 5.56 Å². The van der Waals surface area contributed by atoms with Gasteiger partial charge in [0.15, 0.2) is 4.77 Å². The average Bonchev–Trinajstić information content (AvgIpc) is 3.14. The molecular formula is C27H31N5O2S. The summed E-state index contributed by atoms with van der Waals surface area (Å²) in [6, 6.07) is 17.4. The third-order valence-electron chi connectivity index (χ3n) is 6.42. The molecule has 0 radical (unpaired) electrons. The predicted molar refractivity (Wildman–Crippen MR) is 141 cm³/mol. The molecule has 2 aromatic heterocycles. The van der Waals surface area contributed by atoms with Gasteiger partial charge in [0, 0.05) is 37.8 Å². The number of aromatic nitrogens is 4. The van der Waals surface area contributed by atoms with Crippen LogP contribution in [0.25, 0.3) is 16.6 Å². The number of rotatable bonds is 9. The largest absolute Gasteiger partial charge is 0.341 e. The van der Waals surface area contributed by atoms with E-state index in [0.29, 0.717) is 29.7 Å². The zero-order valence-electron chi connectivity index (χ0n) is 20.5. The molecule has 0 saturated heterocycles. The first-order valence-corrected chi connectivity index (χ1v) is 12.3. The van der Waals surface area contributed by atoms with Crippen LogP contribution in [0, 0.1) is 18.6 Å². The molecule has 4 aromatic rings. The molecule has 1 N–H and O–H groups in total. The van der Waals surface area contributed by atoms with E-state index in [4.69, 9.17) is 12.2 Å². The molecule has 0 unspecified atom stereocenters. The summed E-state index contributed by atoms with van der Waals surface area (Å²) < 4.78 is 3.98. The Morgan fingerprint density at radius 1 is 1.03 bits per heavy atom. The summed E-state index contributed by atoms with van der Waals surface area (Å²) in [6.45, 7) is 5.10. The van der Waals surface area contributed by atoms with Crippen molar-refractivity contribution in [3.8, 4) is 5.69 Å². The summed E-state index contributed by atoms with van der Waals surface area (Å²) in [7, 11) is 1.84. The van der Waals surface area contributed by atoms with Gasteiger partial charge in [0.2, 0.25) is 5.91 Å². The fourth-order valence-corrected chi connectivity index (χ4v) is 4.65. The van der Waals surface area contributed by atoms with E-state index < -0.39 is 0 Å². The van der Waals surface area contributed by atoms with Crippen molar-refractivity contribution in [2.45, 2.75) is 52.6 Å². The van der Waals surface area contributed by atoms with Crippen LogP contribution in [-0.4, -0.2) is 37.2 Å². The number of hydrogen-bond donors (Lipinski definition) is 1. The lowest BCUT2D eigenvalue weighted by molar-refractivity contribution is -0.130. The van der Waals surface area contributed by atoms with Gasteiger partial charge >= 0.3 is 0 Å². The summed E-state index contributed by atoms with van der Waals surface area (Å²) in [5.74, 6) is 0.108. The summed E-state index contributed by atoms with van der Waals surface area (Å²) >= 11 is 5.38. The van der Waals surface area contributed by atoms with Crippen molar-refractivity contribution >= 4 is 29.0 Å². The highest BCUT2D eigenvalue weighted by atomic mass is 32.1. The van der Waals surface area contributed by atoms with Gasteiger partial charge in [-0.1, -0.05) is 36.8 Å². The van der Waals surface area contributed by atoms with Crippen molar-refractivity contribution in [3.05, 3.63) is 86.7 Å². The molecule has 2 heterocycles. The van der Waals surface area contributed by atoms with Gasteiger partial charge in [-0.2, -0.15) is 5.10 Å². The van der Waals surface area contributed by atoms with E-state index in [1.54, 1.807) is 15.5 Å². The van der Waals surface area contributed by atoms with Gasteiger partial charge in [-0.3, -0.25) is 14.2 Å². The smallest absolute Gasteiger partial charge is 0.262 e. The van der Waals surface area contributed by atoms with Crippen LogP contribution in [0.2, 0.25) is 0 Å². The van der Waals surface area contributed by atoms with Crippen LogP contribution in [0.1, 0.15) is 42.6 Å². The van der Waals surface area contributed by atoms with Gasteiger partial charge < -0.3 is 9.88 Å². The summed E-state index contributed by atoms with van der Waals surface area (Å²) in [6.07, 6.45) is 2.87. The highest BCUT2D eigenvalue weighted by molar-refractivity contribution is 7.71. The van der Waals surface area contributed by atoms with E-state index in [1.165, 1.54) is 0 Å². The molecule has 0 spiro atoms. The molecule has 1 amide bonds. The van der Waals surface area contributed by atoms with Crippen LogP contribution < -0.4 is 5.56 Å². The SMILES string of the molecule is Cc1nn(-c2ccccc2)c(C)c1CN(C)C(=O)CCCCCn1c(=S)[nH]c2ccccc2c1=O. The predicted octanol–water partition coefficient (Wildman–Crippen LogP) is 5.08. The highest BCUT2D eigenvalue weighted by Crippen LogP contribution is 2.19. The normalized spacial score (nSPS) is 11.2. The van der Waals surface area contributed by atoms with Crippen LogP contribution in [-0.2, 0) is 17.9 Å². The Morgan fingerprint density at radius 2 is 1.74 bits per heavy atom. The second-order valence-corrected chi connectivity index (χ2v) is 9.28. The third kappa shape index (κ3) is 5.43. The quantitative estimate of drug-likeness (QED) is 0.263. The number of carbonyl (C=O) groups excluding carboxylic acids is 1. The van der Waals surface area contributed by atoms with Crippen molar-refractivity contribution in [1.82, 2.24) is 24.2 Å². The minimum absolute atomic E-state index is 0.0676. The number of benzene rings is 2. The molecule has 0 aliphatic heterocycles. The van der Waals surface area contributed by atoms with E-state index in [0.717, 1.165) is 47.4 Å². The van der Waals surface area contributed by atoms with E-state index >= 15 is 0 Å². The van der Waals surface area contributed by atoms with Crippen molar-refractivity contribution in [2.75, 3.05) is 7.05 Å². The first-order chi connectivity index (χ1) is 16.9. The molecule has 0 aliphatic rings. The molecule has 7 nitrogen and oxygen atoms in total. The molecule has 2 aromatic carbocycles. The molecule has 0 atom stereocenters. The van der Waals surface area contributed by atoms with Gasteiger partial charge in [-0.15, -0.1) is 0 Å². The molecule has 182 valence electrons. The molecule has 0 saturated carbocycles. The van der Waals surface area contributed by atoms with E-state index in [9.17, 15) is 9.59 Å². The first-order valence-electron chi connectivity index (χ1n) is 11.9. The standard InChI is InChI=1S/C27H31N5O2S/c1-19-23(20(2)32(29-19)21-12-6-4-7-13-21)18-30(3)25(33)16-8-5-11-17-31-26(34)22-14-9-10-15-24(22)28-27(31)35/h4,6-7,9-10,12-15H,5,8,11,16-18H2,1-3H3,(H,28,35). The number of nitrogens with zero attached hydrogens (tertiary/aromatic N) is 4. The van der Waals surface area contributed by atoms with Crippen molar-refractivity contribution in [3.63, 3.8) is 0 Å². The number of aromatic amines is 1. The zero-order valence-corrected chi connectivity index (χ0v) is 21.3. The third-order valence-corrected chi connectivity index (χ3v) is 6.75. The molecule has 0 aliphatic carbocycles. The highest BCUT2D eigenvalue weighted by Gasteiger charge is 2.17. The number of carbonyl (C=O) groups is 1. The Balaban J connectivity index is 1.29. The maximum atomic E-state index is 12.8. The minimum Gasteiger partial charge on any atom is -0.341 e. The summed E-state index contributed by atoms with van der Waals surface area (Å²) in [4.78, 5) is 30.4. The lowest BCUT2D eigenvalue weighted by Crippen LogP contribution is -2.26. The molecule has 0 fully saturated rings. The van der Waals surface area contributed by atoms with Crippen molar-refractivity contribution in [2.24, 2.45) is 0 Å². The molecule has 35 heavy (non-hydrogen) atoms. The molecule has 8 heteroatoms. The fourth-order valence-electron chi connectivity index (χ4n) is 4.37. The lowest BCUT2D eigenvalue weighted by atomic mass is 10.1. The number of nitrogens with one attached hydrogen (secondary N) is 1. The molecule has 0 bridgehead atoms. The number of aryl methyl sites for hydroxylation is 1. The molecular weight excluding hydrogens is 458 g/mol.